The minimum atomic E-state index is -3.24. The van der Waals surface area contributed by atoms with Crippen LogP contribution in [0.5, 0.6) is 0 Å². The molecule has 1 unspecified atom stereocenters. The third kappa shape index (κ3) is 2.70. The van der Waals surface area contributed by atoms with Crippen LogP contribution >= 0.6 is 0 Å². The van der Waals surface area contributed by atoms with E-state index in [1.807, 2.05) is 42.5 Å². The monoisotopic (exact) mass is 290 g/mol. The molecule has 5 heteroatoms. The van der Waals surface area contributed by atoms with Gasteiger partial charge in [-0.2, -0.15) is 0 Å². The zero-order chi connectivity index (χ0) is 14.0. The molecule has 2 aromatic carbocycles. The largest absolute Gasteiger partial charge is 0.315 e. The van der Waals surface area contributed by atoms with Gasteiger partial charge in [0.1, 0.15) is 0 Å². The maximum Gasteiger partial charge on any atom is 0.216 e. The summed E-state index contributed by atoms with van der Waals surface area (Å²) in [4.78, 5) is 0. The summed E-state index contributed by atoms with van der Waals surface area (Å²) in [6.45, 7) is 1.67. The van der Waals surface area contributed by atoms with Gasteiger partial charge in [-0.25, -0.2) is 13.1 Å². The van der Waals surface area contributed by atoms with Crippen molar-refractivity contribution in [1.29, 1.82) is 0 Å². The second-order valence-electron chi connectivity index (χ2n) is 5.12. The van der Waals surface area contributed by atoms with Gasteiger partial charge in [0.05, 0.1) is 5.25 Å². The lowest BCUT2D eigenvalue weighted by Crippen LogP contribution is -2.35. The molecule has 0 amide bonds. The molecule has 4 nitrogen and oxygen atoms in total. The van der Waals surface area contributed by atoms with E-state index in [4.69, 9.17) is 0 Å². The maximum absolute atomic E-state index is 12.2. The molecule has 1 aliphatic heterocycles. The number of benzene rings is 2. The van der Waals surface area contributed by atoms with Crippen molar-refractivity contribution in [1.82, 2.24) is 10.0 Å². The highest BCUT2D eigenvalue weighted by Gasteiger charge is 2.28. The molecular weight excluding hydrogens is 272 g/mol. The van der Waals surface area contributed by atoms with Crippen molar-refractivity contribution in [3.05, 3.63) is 48.0 Å². The lowest BCUT2D eigenvalue weighted by Gasteiger charge is -2.13. The van der Waals surface area contributed by atoms with Crippen LogP contribution in [0.1, 0.15) is 12.0 Å². The van der Waals surface area contributed by atoms with Gasteiger partial charge in [-0.05, 0) is 29.3 Å². The van der Waals surface area contributed by atoms with E-state index in [1.165, 1.54) is 0 Å². The third-order valence-corrected chi connectivity index (χ3v) is 5.62. The van der Waals surface area contributed by atoms with Gasteiger partial charge in [-0.1, -0.05) is 42.5 Å². The molecule has 1 fully saturated rings. The first-order chi connectivity index (χ1) is 9.67. The molecule has 0 aromatic heterocycles. The average Bonchev–Trinajstić information content (AvgIpc) is 3.00. The summed E-state index contributed by atoms with van der Waals surface area (Å²) in [7, 11) is -3.24. The fourth-order valence-corrected chi connectivity index (χ4v) is 3.99. The van der Waals surface area contributed by atoms with Crippen LogP contribution in [0.25, 0.3) is 10.8 Å². The van der Waals surface area contributed by atoms with Gasteiger partial charge in [0, 0.05) is 13.1 Å². The highest BCUT2D eigenvalue weighted by atomic mass is 32.2. The zero-order valence-corrected chi connectivity index (χ0v) is 12.0. The van der Waals surface area contributed by atoms with E-state index in [-0.39, 0.29) is 5.25 Å². The number of nitrogens with one attached hydrogen (secondary N) is 2. The van der Waals surface area contributed by atoms with E-state index >= 15 is 0 Å². The Kier molecular flexibility index (Phi) is 3.74. The molecule has 20 heavy (non-hydrogen) atoms. The molecule has 0 aliphatic carbocycles. The molecule has 1 saturated heterocycles. The highest BCUT2D eigenvalue weighted by Crippen LogP contribution is 2.19. The molecule has 3 rings (SSSR count). The van der Waals surface area contributed by atoms with E-state index in [0.717, 1.165) is 22.9 Å². The van der Waals surface area contributed by atoms with E-state index in [0.29, 0.717) is 19.5 Å². The Morgan fingerprint density at radius 1 is 1.15 bits per heavy atom. The second kappa shape index (κ2) is 5.52. The topological polar surface area (TPSA) is 58.2 Å². The summed E-state index contributed by atoms with van der Waals surface area (Å²) in [6, 6.07) is 14.0. The van der Waals surface area contributed by atoms with E-state index in [1.54, 1.807) is 0 Å². The fourth-order valence-electron chi connectivity index (χ4n) is 2.64. The molecule has 0 bridgehead atoms. The predicted octanol–water partition coefficient (Wildman–Crippen LogP) is 1.62. The predicted molar refractivity (Wildman–Crippen MR) is 81.0 cm³/mol. The van der Waals surface area contributed by atoms with Gasteiger partial charge < -0.3 is 5.32 Å². The minimum Gasteiger partial charge on any atom is -0.315 e. The maximum atomic E-state index is 12.2. The quantitative estimate of drug-likeness (QED) is 0.899. The van der Waals surface area contributed by atoms with Gasteiger partial charge >= 0.3 is 0 Å². The number of hydrogen-bond donors (Lipinski definition) is 2. The molecule has 106 valence electrons. The molecule has 2 N–H and O–H groups in total. The average molecular weight is 290 g/mol. The van der Waals surface area contributed by atoms with Gasteiger partial charge in [0.25, 0.3) is 0 Å². The Hall–Kier alpha value is -1.43. The number of hydrogen-bond acceptors (Lipinski definition) is 3. The normalized spacial score (nSPS) is 19.5. The van der Waals surface area contributed by atoms with Crippen molar-refractivity contribution in [3.63, 3.8) is 0 Å². The lowest BCUT2D eigenvalue weighted by atomic mass is 10.1. The first-order valence-corrected chi connectivity index (χ1v) is 8.37. The molecule has 1 atom stereocenters. The van der Waals surface area contributed by atoms with Crippen molar-refractivity contribution in [2.75, 3.05) is 13.1 Å². The summed E-state index contributed by atoms with van der Waals surface area (Å²) in [5.41, 5.74) is 1.01. The highest BCUT2D eigenvalue weighted by molar-refractivity contribution is 7.90. The Labute approximate surface area is 119 Å². The van der Waals surface area contributed by atoms with Gasteiger partial charge in [-0.3, -0.25) is 0 Å². The first kappa shape index (κ1) is 13.5. The van der Waals surface area contributed by atoms with Crippen LogP contribution in [0.3, 0.4) is 0 Å². The van der Waals surface area contributed by atoms with Crippen LogP contribution < -0.4 is 10.0 Å². The van der Waals surface area contributed by atoms with Crippen molar-refractivity contribution >= 4 is 20.8 Å². The molecular formula is C15H18N2O2S. The summed E-state index contributed by atoms with van der Waals surface area (Å²) in [5.74, 6) is 0. The smallest absolute Gasteiger partial charge is 0.216 e. The number of rotatable bonds is 4. The summed E-state index contributed by atoms with van der Waals surface area (Å²) >= 11 is 0. The molecule has 0 spiro atoms. The second-order valence-corrected chi connectivity index (χ2v) is 7.16. The number of sulfonamides is 1. The van der Waals surface area contributed by atoms with Crippen LogP contribution in [-0.4, -0.2) is 26.8 Å². The molecule has 2 aromatic rings. The Morgan fingerprint density at radius 2 is 1.95 bits per heavy atom. The van der Waals surface area contributed by atoms with Crippen LogP contribution in [0, 0.1) is 0 Å². The molecule has 1 aliphatic rings. The third-order valence-electron chi connectivity index (χ3n) is 3.80. The first-order valence-electron chi connectivity index (χ1n) is 6.83. The van der Waals surface area contributed by atoms with Crippen molar-refractivity contribution < 1.29 is 8.42 Å². The van der Waals surface area contributed by atoms with Crippen LogP contribution in [0.2, 0.25) is 0 Å². The lowest BCUT2D eigenvalue weighted by molar-refractivity contribution is 0.568. The molecule has 1 heterocycles. The SMILES string of the molecule is O=S(=O)(NCc1cccc2ccccc12)C1CCNC1. The van der Waals surface area contributed by atoms with Gasteiger partial charge in [0.2, 0.25) is 10.0 Å². The van der Waals surface area contributed by atoms with Gasteiger partial charge in [-0.15, -0.1) is 0 Å². The Morgan fingerprint density at radius 3 is 2.75 bits per heavy atom. The summed E-state index contributed by atoms with van der Waals surface area (Å²) in [5, 5.41) is 5.01. The Bertz CT molecular complexity index is 701. The van der Waals surface area contributed by atoms with Crippen LogP contribution in [-0.2, 0) is 16.6 Å². The van der Waals surface area contributed by atoms with E-state index in [2.05, 4.69) is 10.0 Å². The van der Waals surface area contributed by atoms with Crippen LogP contribution in [0.4, 0.5) is 0 Å². The van der Waals surface area contributed by atoms with Crippen molar-refractivity contribution in [2.24, 2.45) is 0 Å². The molecule has 0 radical (unpaired) electrons. The van der Waals surface area contributed by atoms with Crippen molar-refractivity contribution in [3.8, 4) is 0 Å². The summed E-state index contributed by atoms with van der Waals surface area (Å²) < 4.78 is 27.1. The van der Waals surface area contributed by atoms with Crippen molar-refractivity contribution in [2.45, 2.75) is 18.2 Å². The van der Waals surface area contributed by atoms with E-state index in [9.17, 15) is 8.42 Å². The van der Waals surface area contributed by atoms with E-state index < -0.39 is 10.0 Å². The van der Waals surface area contributed by atoms with Gasteiger partial charge in [0.15, 0.2) is 0 Å². The minimum absolute atomic E-state index is 0.308. The number of fused-ring (bicyclic) bond motifs is 1. The standard InChI is InChI=1S/C15H18N2O2S/c18-20(19,14-8-9-16-11-14)17-10-13-6-3-5-12-4-1-2-7-15(12)13/h1-7,14,16-17H,8-11H2. The zero-order valence-electron chi connectivity index (χ0n) is 11.2. The molecule has 0 saturated carbocycles. The Balaban J connectivity index is 1.80. The van der Waals surface area contributed by atoms with Crippen LogP contribution in [0.15, 0.2) is 42.5 Å². The summed E-state index contributed by atoms with van der Waals surface area (Å²) in [6.07, 6.45) is 0.685. The fraction of sp³-hybridized carbons (Fsp3) is 0.333.